The molecule has 2 heterocycles. The molecule has 0 aromatic heterocycles. The van der Waals surface area contributed by atoms with E-state index in [9.17, 15) is 14.0 Å². The fraction of sp³-hybridized carbons (Fsp3) is 0.385. The molecule has 0 bridgehead atoms. The molecule has 2 saturated heterocycles. The summed E-state index contributed by atoms with van der Waals surface area (Å²) in [6, 6.07) is 15.7. The van der Waals surface area contributed by atoms with Crippen LogP contribution >= 0.6 is 0 Å². The number of ether oxygens (including phenoxy) is 1. The Bertz CT molecular complexity index is 1020. The van der Waals surface area contributed by atoms with Gasteiger partial charge in [0.05, 0.1) is 13.0 Å². The monoisotopic (exact) mass is 434 g/mol. The quantitative estimate of drug-likeness (QED) is 0.693. The summed E-state index contributed by atoms with van der Waals surface area (Å²) < 4.78 is 19.0. The Balaban J connectivity index is 1.23. The molecule has 0 aliphatic carbocycles. The van der Waals surface area contributed by atoms with Crippen molar-refractivity contribution in [3.05, 3.63) is 66.0 Å². The normalized spacial score (nSPS) is 17.0. The first kappa shape index (κ1) is 21.9. The molecule has 2 aliphatic rings. The van der Waals surface area contributed by atoms with Gasteiger partial charge in [-0.3, -0.25) is 9.59 Å². The molecule has 6 heteroatoms. The zero-order valence-electron chi connectivity index (χ0n) is 18.1. The molecule has 0 radical (unpaired) electrons. The van der Waals surface area contributed by atoms with E-state index in [1.54, 1.807) is 18.2 Å². The number of nitrogens with zero attached hydrogens (tertiary/aromatic N) is 2. The van der Waals surface area contributed by atoms with E-state index in [0.717, 1.165) is 31.4 Å². The summed E-state index contributed by atoms with van der Waals surface area (Å²) in [6.07, 6.45) is 2.93. The first-order chi connectivity index (χ1) is 15.5. The third kappa shape index (κ3) is 5.28. The Labute approximate surface area is 188 Å². The molecule has 2 aliphatic heterocycles. The van der Waals surface area contributed by atoms with Crippen LogP contribution in [0.25, 0.3) is 0 Å². The molecule has 0 saturated carbocycles. The molecule has 0 unspecified atom stereocenters. The first-order valence-electron chi connectivity index (χ1n) is 11.1. The van der Waals surface area contributed by atoms with Gasteiger partial charge in [0.15, 0.2) is 11.6 Å². The van der Waals surface area contributed by atoms with Gasteiger partial charge in [-0.05, 0) is 48.9 Å². The maximum Gasteiger partial charge on any atom is 0.298 e. The zero-order valence-corrected chi connectivity index (χ0v) is 18.1. The van der Waals surface area contributed by atoms with Crippen LogP contribution in [0.3, 0.4) is 0 Å². The Morgan fingerprint density at radius 2 is 1.59 bits per heavy atom. The van der Waals surface area contributed by atoms with Crippen molar-refractivity contribution in [3.8, 4) is 17.6 Å². The molecule has 32 heavy (non-hydrogen) atoms. The Hall–Kier alpha value is -3.33. The summed E-state index contributed by atoms with van der Waals surface area (Å²) in [5.74, 6) is 5.32. The summed E-state index contributed by atoms with van der Waals surface area (Å²) in [6.45, 7) is 2.93. The number of amides is 2. The molecule has 0 N–H and O–H groups in total. The largest absolute Gasteiger partial charge is 0.490 e. The third-order valence-corrected chi connectivity index (χ3v) is 6.40. The van der Waals surface area contributed by atoms with Crippen LogP contribution in [-0.4, -0.2) is 54.4 Å². The van der Waals surface area contributed by atoms with E-state index < -0.39 is 5.82 Å². The molecular weight excluding hydrogens is 407 g/mol. The van der Waals surface area contributed by atoms with Gasteiger partial charge >= 0.3 is 0 Å². The van der Waals surface area contributed by atoms with E-state index in [1.807, 2.05) is 40.1 Å². The van der Waals surface area contributed by atoms with Crippen molar-refractivity contribution >= 4 is 11.8 Å². The number of para-hydroxylation sites is 1. The summed E-state index contributed by atoms with van der Waals surface area (Å²) in [4.78, 5) is 28.8. The number of carbonyl (C=O) groups excluding carboxylic acids is 2. The Kier molecular flexibility index (Phi) is 6.75. The number of hydrogen-bond acceptors (Lipinski definition) is 3. The van der Waals surface area contributed by atoms with Crippen LogP contribution < -0.4 is 4.74 Å². The SMILES string of the molecule is O=C(C#Cc1ccccc1)N1CCC2(CC1)CCN(C(=O)CCOc1ccccc1F)C2. The minimum atomic E-state index is -0.421. The van der Waals surface area contributed by atoms with Crippen molar-refractivity contribution in [2.24, 2.45) is 5.41 Å². The second-order valence-electron chi connectivity index (χ2n) is 8.50. The van der Waals surface area contributed by atoms with Gasteiger partial charge in [-0.1, -0.05) is 36.3 Å². The molecule has 1 spiro atoms. The number of hydrogen-bond donors (Lipinski definition) is 0. The maximum absolute atomic E-state index is 13.6. The van der Waals surface area contributed by atoms with Crippen molar-refractivity contribution in [1.82, 2.24) is 9.80 Å². The van der Waals surface area contributed by atoms with Gasteiger partial charge in [0.2, 0.25) is 5.91 Å². The van der Waals surface area contributed by atoms with Gasteiger partial charge in [0, 0.05) is 37.7 Å². The van der Waals surface area contributed by atoms with Crippen LogP contribution in [0.4, 0.5) is 4.39 Å². The standard InChI is InChI=1S/C26H27FN2O3/c27-22-8-4-5-9-23(22)32-19-12-25(31)29-18-15-26(20-29)13-16-28(17-14-26)24(30)11-10-21-6-2-1-3-7-21/h1-9H,12-20H2. The molecule has 2 fully saturated rings. The van der Waals surface area contributed by atoms with Gasteiger partial charge < -0.3 is 14.5 Å². The maximum atomic E-state index is 13.6. The van der Waals surface area contributed by atoms with E-state index in [0.29, 0.717) is 19.6 Å². The van der Waals surface area contributed by atoms with Crippen LogP contribution in [0.2, 0.25) is 0 Å². The second kappa shape index (κ2) is 9.86. The molecule has 2 aromatic rings. The van der Waals surface area contributed by atoms with Gasteiger partial charge in [0.25, 0.3) is 5.91 Å². The van der Waals surface area contributed by atoms with Crippen LogP contribution in [0.5, 0.6) is 5.75 Å². The molecule has 2 amide bonds. The van der Waals surface area contributed by atoms with Crippen molar-refractivity contribution in [2.45, 2.75) is 25.7 Å². The molecule has 0 atom stereocenters. The molecule has 5 nitrogen and oxygen atoms in total. The lowest BCUT2D eigenvalue weighted by molar-refractivity contribution is -0.132. The number of rotatable bonds is 4. The summed E-state index contributed by atoms with van der Waals surface area (Å²) in [5.41, 5.74) is 0.907. The molecular formula is C26H27FN2O3. The van der Waals surface area contributed by atoms with Gasteiger partial charge in [-0.15, -0.1) is 0 Å². The topological polar surface area (TPSA) is 49.9 Å². The van der Waals surface area contributed by atoms with Crippen LogP contribution in [0, 0.1) is 23.1 Å². The number of likely N-dealkylation sites (tertiary alicyclic amines) is 2. The Morgan fingerprint density at radius 3 is 2.31 bits per heavy atom. The van der Waals surface area contributed by atoms with E-state index in [1.165, 1.54) is 6.07 Å². The smallest absolute Gasteiger partial charge is 0.298 e. The fourth-order valence-electron chi connectivity index (χ4n) is 4.43. The molecule has 2 aromatic carbocycles. The number of carbonyl (C=O) groups is 2. The molecule has 4 rings (SSSR count). The van der Waals surface area contributed by atoms with Crippen molar-refractivity contribution in [2.75, 3.05) is 32.8 Å². The number of halogens is 1. The lowest BCUT2D eigenvalue weighted by Gasteiger charge is -2.38. The average molecular weight is 435 g/mol. The zero-order chi connectivity index (χ0) is 22.4. The van der Waals surface area contributed by atoms with Crippen molar-refractivity contribution in [3.63, 3.8) is 0 Å². The van der Waals surface area contributed by atoms with Gasteiger partial charge in [0.1, 0.15) is 0 Å². The van der Waals surface area contributed by atoms with E-state index in [-0.39, 0.29) is 36.0 Å². The van der Waals surface area contributed by atoms with Crippen LogP contribution in [-0.2, 0) is 9.59 Å². The predicted molar refractivity (Wildman–Crippen MR) is 119 cm³/mol. The van der Waals surface area contributed by atoms with Crippen LogP contribution in [0.15, 0.2) is 54.6 Å². The summed E-state index contributed by atoms with van der Waals surface area (Å²) >= 11 is 0. The highest BCUT2D eigenvalue weighted by atomic mass is 19.1. The van der Waals surface area contributed by atoms with Crippen molar-refractivity contribution in [1.29, 1.82) is 0 Å². The van der Waals surface area contributed by atoms with Gasteiger partial charge in [-0.2, -0.15) is 0 Å². The predicted octanol–water partition coefficient (Wildman–Crippen LogP) is 3.49. The first-order valence-corrected chi connectivity index (χ1v) is 11.1. The fourth-order valence-corrected chi connectivity index (χ4v) is 4.43. The number of benzene rings is 2. The van der Waals surface area contributed by atoms with Gasteiger partial charge in [-0.25, -0.2) is 4.39 Å². The lowest BCUT2D eigenvalue weighted by Crippen LogP contribution is -2.44. The van der Waals surface area contributed by atoms with Crippen LogP contribution in [0.1, 0.15) is 31.2 Å². The Morgan fingerprint density at radius 1 is 0.938 bits per heavy atom. The highest BCUT2D eigenvalue weighted by molar-refractivity contribution is 5.94. The average Bonchev–Trinajstić information content (AvgIpc) is 3.23. The minimum Gasteiger partial charge on any atom is -0.490 e. The highest BCUT2D eigenvalue weighted by Gasteiger charge is 2.42. The lowest BCUT2D eigenvalue weighted by atomic mass is 9.78. The summed E-state index contributed by atoms with van der Waals surface area (Å²) in [7, 11) is 0. The summed E-state index contributed by atoms with van der Waals surface area (Å²) in [5, 5.41) is 0. The highest BCUT2D eigenvalue weighted by Crippen LogP contribution is 2.40. The van der Waals surface area contributed by atoms with E-state index >= 15 is 0 Å². The third-order valence-electron chi connectivity index (χ3n) is 6.40. The van der Waals surface area contributed by atoms with E-state index in [4.69, 9.17) is 4.74 Å². The second-order valence-corrected chi connectivity index (χ2v) is 8.50. The molecule has 166 valence electrons. The van der Waals surface area contributed by atoms with E-state index in [2.05, 4.69) is 11.8 Å². The van der Waals surface area contributed by atoms with Crippen molar-refractivity contribution < 1.29 is 18.7 Å². The number of piperidine rings is 1. The minimum absolute atomic E-state index is 0.0328.